The van der Waals surface area contributed by atoms with Crippen molar-refractivity contribution >= 4 is 35.5 Å². The van der Waals surface area contributed by atoms with Crippen LogP contribution in [0.15, 0.2) is 107 Å². The van der Waals surface area contributed by atoms with Crippen molar-refractivity contribution in [2.45, 2.75) is 21.6 Å². The number of allylic oxidation sites excluding steroid dienone is 2. The molecule has 0 saturated carbocycles. The van der Waals surface area contributed by atoms with Gasteiger partial charge in [-0.25, -0.2) is 0 Å². The first kappa shape index (κ1) is 25.1. The Morgan fingerprint density at radius 2 is 1.43 bits per heavy atom. The standard InChI is InChI=1S/C15H10Cl.C15H9S.2ClH.Zr/c16-14-8-4-7-12-9-10-13(15(12)14)11-5-2-1-3-6-11;1-3-10-9-11(4-1)16-15-6-2-5-13-12(10)7-8-14(13)15;;;/h1-9,13H;1-6,8-9,12H;2*1H;/q;;;;+2/p-2. The summed E-state index contributed by atoms with van der Waals surface area (Å²) in [4.78, 5) is 2.73. The van der Waals surface area contributed by atoms with E-state index in [9.17, 15) is 0 Å². The van der Waals surface area contributed by atoms with Crippen LogP contribution in [0.2, 0.25) is 5.02 Å². The fraction of sp³-hybridized carbons (Fsp3) is 0.0667. The summed E-state index contributed by atoms with van der Waals surface area (Å²) in [7, 11) is 0. The van der Waals surface area contributed by atoms with Crippen LogP contribution >= 0.6 is 23.4 Å². The third-order valence-corrected chi connectivity index (χ3v) is 11.8. The van der Waals surface area contributed by atoms with E-state index >= 15 is 0 Å². The summed E-state index contributed by atoms with van der Waals surface area (Å²) in [6.45, 7) is 0. The molecule has 170 valence electrons. The van der Waals surface area contributed by atoms with Crippen molar-refractivity contribution < 1.29 is 48.0 Å². The number of rotatable bonds is 3. The number of benzene rings is 4. The van der Waals surface area contributed by atoms with E-state index in [4.69, 9.17) is 11.6 Å². The molecule has 0 aromatic heterocycles. The third-order valence-electron chi connectivity index (χ3n) is 6.86. The van der Waals surface area contributed by atoms with Crippen LogP contribution in [0, 0.1) is 0 Å². The van der Waals surface area contributed by atoms with Gasteiger partial charge in [-0.15, -0.1) is 0 Å². The molecule has 1 heterocycles. The minimum atomic E-state index is -1.07. The first-order chi connectivity index (χ1) is 16.3. The van der Waals surface area contributed by atoms with Gasteiger partial charge in [-0.05, 0) is 0 Å². The molecule has 6 bridgehead atoms. The van der Waals surface area contributed by atoms with E-state index < -0.39 is 23.2 Å². The molecular formula is C30H19Cl3SZr. The first-order valence-corrected chi connectivity index (χ1v) is 14.9. The van der Waals surface area contributed by atoms with E-state index in [0.717, 1.165) is 5.02 Å². The zero-order valence-corrected chi connectivity index (χ0v) is 24.1. The van der Waals surface area contributed by atoms with Gasteiger partial charge in [0.25, 0.3) is 0 Å². The van der Waals surface area contributed by atoms with Crippen molar-refractivity contribution in [3.8, 4) is 0 Å². The molecule has 4 aromatic rings. The van der Waals surface area contributed by atoms with Crippen LogP contribution in [0.5, 0.6) is 0 Å². The molecule has 1 aliphatic heterocycles. The van der Waals surface area contributed by atoms with Crippen molar-refractivity contribution in [3.05, 3.63) is 136 Å². The first-order valence-electron chi connectivity index (χ1n) is 11.2. The van der Waals surface area contributed by atoms with Gasteiger partial charge in [0.2, 0.25) is 0 Å². The van der Waals surface area contributed by atoms with Crippen LogP contribution in [0.4, 0.5) is 0 Å². The summed E-state index contributed by atoms with van der Waals surface area (Å²) in [5, 5.41) is 0.886. The Bertz CT molecular complexity index is 1490. The maximum absolute atomic E-state index is 6.79. The number of fused-ring (bicyclic) bond motifs is 4. The smallest absolute Gasteiger partial charge is 1.00 e. The molecule has 0 saturated heterocycles. The van der Waals surface area contributed by atoms with Gasteiger partial charge in [-0.1, -0.05) is 0 Å². The predicted octanol–water partition coefficient (Wildman–Crippen LogP) is 2.57. The van der Waals surface area contributed by atoms with E-state index in [-0.39, 0.29) is 30.7 Å². The Labute approximate surface area is 239 Å². The van der Waals surface area contributed by atoms with Crippen molar-refractivity contribution in [3.63, 3.8) is 0 Å². The summed E-state index contributed by atoms with van der Waals surface area (Å²) in [6.07, 6.45) is 5.00. The average Bonchev–Trinajstić information content (AvgIpc) is 3.40. The van der Waals surface area contributed by atoms with E-state index in [1.807, 2.05) is 17.8 Å². The van der Waals surface area contributed by atoms with Gasteiger partial charge in [0.15, 0.2) is 0 Å². The Kier molecular flexibility index (Phi) is 7.24. The Morgan fingerprint density at radius 3 is 2.29 bits per heavy atom. The molecule has 2 aliphatic carbocycles. The van der Waals surface area contributed by atoms with Crippen LogP contribution < -0.4 is 24.8 Å². The molecule has 3 aliphatic rings. The topological polar surface area (TPSA) is 0 Å². The maximum Gasteiger partial charge on any atom is -1.00 e. The minimum absolute atomic E-state index is 0. The molecule has 2 unspecified atom stereocenters. The SMILES string of the molecule is Clc1cccc2c1C(c1ccccc1)[C]([Zr+2][C]1=Cc3c4cccc3C1c1cccc(c1)S4)=C2.[Cl-].[Cl-]. The fourth-order valence-corrected chi connectivity index (χ4v) is 11.0. The molecular weight excluding hydrogens is 590 g/mol. The van der Waals surface area contributed by atoms with E-state index in [0.29, 0.717) is 5.92 Å². The Balaban J connectivity index is 0.00000127. The van der Waals surface area contributed by atoms with Crippen LogP contribution in [0.25, 0.3) is 12.2 Å². The van der Waals surface area contributed by atoms with Crippen LogP contribution in [-0.4, -0.2) is 0 Å². The summed E-state index contributed by atoms with van der Waals surface area (Å²) in [5.41, 5.74) is 8.30. The zero-order valence-electron chi connectivity index (χ0n) is 18.5. The van der Waals surface area contributed by atoms with Crippen molar-refractivity contribution in [1.29, 1.82) is 0 Å². The Morgan fingerprint density at radius 1 is 0.686 bits per heavy atom. The van der Waals surface area contributed by atoms with Gasteiger partial charge in [0.05, 0.1) is 0 Å². The number of hydrogen-bond acceptors (Lipinski definition) is 1. The summed E-state index contributed by atoms with van der Waals surface area (Å²) >= 11 is 7.62. The second-order valence-corrected chi connectivity index (χ2v) is 13.8. The Hall–Kier alpha value is -1.54. The molecule has 7 rings (SSSR count). The normalized spacial score (nSPS) is 18.1. The van der Waals surface area contributed by atoms with Gasteiger partial charge < -0.3 is 24.8 Å². The van der Waals surface area contributed by atoms with E-state index in [1.54, 1.807) is 6.56 Å². The van der Waals surface area contributed by atoms with Crippen LogP contribution in [-0.2, 0) is 23.2 Å². The van der Waals surface area contributed by atoms with Crippen molar-refractivity contribution in [2.75, 3.05) is 0 Å². The molecule has 4 aromatic carbocycles. The molecule has 2 atom stereocenters. The fourth-order valence-electron chi connectivity index (χ4n) is 5.47. The van der Waals surface area contributed by atoms with Gasteiger partial charge in [0, 0.05) is 0 Å². The molecule has 35 heavy (non-hydrogen) atoms. The third kappa shape index (κ3) is 4.22. The molecule has 0 N–H and O–H groups in total. The monoisotopic (exact) mass is 606 g/mol. The molecule has 0 spiro atoms. The summed E-state index contributed by atoms with van der Waals surface area (Å²) in [6, 6.07) is 33.3. The maximum atomic E-state index is 6.79. The van der Waals surface area contributed by atoms with Gasteiger partial charge >= 0.3 is 216 Å². The summed E-state index contributed by atoms with van der Waals surface area (Å²) < 4.78 is 3.25. The molecule has 0 nitrogen and oxygen atoms in total. The van der Waals surface area contributed by atoms with Crippen LogP contribution in [0.3, 0.4) is 0 Å². The minimum Gasteiger partial charge on any atom is -1.00 e. The van der Waals surface area contributed by atoms with E-state index in [2.05, 4.69) is 97.1 Å². The average molecular weight is 609 g/mol. The summed E-state index contributed by atoms with van der Waals surface area (Å²) in [5.74, 6) is 0.668. The molecule has 0 radical (unpaired) electrons. The van der Waals surface area contributed by atoms with Gasteiger partial charge in [-0.2, -0.15) is 0 Å². The second-order valence-electron chi connectivity index (χ2n) is 8.78. The van der Waals surface area contributed by atoms with Crippen molar-refractivity contribution in [2.24, 2.45) is 0 Å². The van der Waals surface area contributed by atoms with Crippen LogP contribution in [0.1, 0.15) is 45.2 Å². The molecule has 0 fully saturated rings. The zero-order chi connectivity index (χ0) is 21.9. The predicted molar refractivity (Wildman–Crippen MR) is 135 cm³/mol. The van der Waals surface area contributed by atoms with Gasteiger partial charge in [0.1, 0.15) is 0 Å². The van der Waals surface area contributed by atoms with Crippen molar-refractivity contribution in [1.82, 2.24) is 0 Å². The van der Waals surface area contributed by atoms with Gasteiger partial charge in [-0.3, -0.25) is 0 Å². The quantitative estimate of drug-likeness (QED) is 0.345. The second kappa shape index (κ2) is 10.1. The largest absolute Gasteiger partial charge is 1.00 e. The number of hydrogen-bond donors (Lipinski definition) is 0. The molecule has 5 heteroatoms. The van der Waals surface area contributed by atoms with E-state index in [1.165, 1.54) is 43.2 Å². The number of halogens is 3. The molecule has 0 amide bonds.